The van der Waals surface area contributed by atoms with Gasteiger partial charge in [-0.2, -0.15) is 0 Å². The average molecular weight is 382 g/mol. The maximum Gasteiger partial charge on any atom is 0.0490 e. The van der Waals surface area contributed by atoms with Gasteiger partial charge in [0.25, 0.3) is 0 Å². The topological polar surface area (TPSA) is 0 Å². The van der Waals surface area contributed by atoms with E-state index in [-0.39, 0.29) is 0 Å². The molecule has 0 saturated heterocycles. The van der Waals surface area contributed by atoms with E-state index in [2.05, 4.69) is 112 Å². The number of benzene rings is 2. The van der Waals surface area contributed by atoms with Crippen molar-refractivity contribution < 1.29 is 0 Å². The van der Waals surface area contributed by atoms with Crippen LogP contribution in [0.1, 0.15) is 18.1 Å². The molecule has 0 aliphatic rings. The van der Waals surface area contributed by atoms with Crippen LogP contribution >= 0.6 is 0 Å². The Morgan fingerprint density at radius 2 is 1.10 bits per heavy atom. The molecule has 0 aromatic heterocycles. The van der Waals surface area contributed by atoms with E-state index in [0.717, 1.165) is 21.9 Å². The van der Waals surface area contributed by atoms with Crippen molar-refractivity contribution in [2.45, 2.75) is 6.92 Å². The zero-order valence-electron chi connectivity index (χ0n) is 16.5. The first kappa shape index (κ1) is 21.6. The van der Waals surface area contributed by atoms with Crippen molar-refractivity contribution >= 4 is 10.8 Å². The minimum Gasteiger partial charge on any atom is -0.106 e. The fourth-order valence-corrected chi connectivity index (χ4v) is 2.15. The molecule has 0 nitrogen and oxygen atoms in total. The van der Waals surface area contributed by atoms with Gasteiger partial charge < -0.3 is 0 Å². The third-order valence-corrected chi connectivity index (χ3v) is 3.32. The summed E-state index contributed by atoms with van der Waals surface area (Å²) in [6, 6.07) is 11.8. The maximum atomic E-state index is 5.01. The lowest BCUT2D eigenvalue weighted by atomic mass is 9.99. The zero-order valence-corrected chi connectivity index (χ0v) is 16.5. The summed E-state index contributed by atoms with van der Waals surface area (Å²) in [5, 5.41) is 2.04. The first-order valence-electron chi connectivity index (χ1n) is 8.78. The van der Waals surface area contributed by atoms with Crippen LogP contribution in [0.25, 0.3) is 10.8 Å². The van der Waals surface area contributed by atoms with E-state index in [1.807, 2.05) is 36.4 Å². The predicted molar refractivity (Wildman–Crippen MR) is 127 cm³/mol. The minimum absolute atomic E-state index is 0.749. The molecular formula is C31H10. The van der Waals surface area contributed by atoms with Gasteiger partial charge in [-0.1, -0.05) is 48.1 Å². The van der Waals surface area contributed by atoms with Crippen LogP contribution in [0, 0.1) is 119 Å². The highest BCUT2D eigenvalue weighted by Crippen LogP contribution is 2.21. The fraction of sp³-hybridized carbons (Fsp3) is 0.0323. The molecule has 31 heavy (non-hydrogen) atoms. The molecule has 0 N–H and O–H groups in total. The van der Waals surface area contributed by atoms with Crippen LogP contribution in [0.4, 0.5) is 0 Å². The second-order valence-electron chi connectivity index (χ2n) is 5.23. The first-order chi connectivity index (χ1) is 15.4. The molecule has 2 rings (SSSR count). The van der Waals surface area contributed by atoms with Crippen LogP contribution in [0.15, 0.2) is 36.4 Å². The van der Waals surface area contributed by atoms with E-state index in [1.54, 1.807) is 6.92 Å². The van der Waals surface area contributed by atoms with Crippen molar-refractivity contribution in [1.82, 2.24) is 0 Å². The summed E-state index contributed by atoms with van der Waals surface area (Å²) in [7, 11) is 0. The van der Waals surface area contributed by atoms with Gasteiger partial charge in [-0.3, -0.25) is 0 Å². The molecule has 134 valence electrons. The van der Waals surface area contributed by atoms with E-state index in [1.165, 1.54) is 0 Å². The summed E-state index contributed by atoms with van der Waals surface area (Å²) >= 11 is 0. The monoisotopic (exact) mass is 382 g/mol. The van der Waals surface area contributed by atoms with Gasteiger partial charge in [0.1, 0.15) is 0 Å². The molecule has 0 unspecified atom stereocenters. The van der Waals surface area contributed by atoms with Crippen LogP contribution in [0.3, 0.4) is 0 Å². The smallest absolute Gasteiger partial charge is 0.0490 e. The Labute approximate surface area is 184 Å². The second-order valence-corrected chi connectivity index (χ2v) is 5.23. The largest absolute Gasteiger partial charge is 0.106 e. The van der Waals surface area contributed by atoms with Crippen molar-refractivity contribution in [1.29, 1.82) is 0 Å². The summed E-state index contributed by atoms with van der Waals surface area (Å²) < 4.78 is 0. The van der Waals surface area contributed by atoms with Gasteiger partial charge in [-0.05, 0) is 118 Å². The Hall–Kier alpha value is -5.70. The van der Waals surface area contributed by atoms with Gasteiger partial charge in [0.05, 0.1) is 0 Å². The Balaban J connectivity index is 2.36. The van der Waals surface area contributed by atoms with Gasteiger partial charge in [0.15, 0.2) is 0 Å². The van der Waals surface area contributed by atoms with Crippen molar-refractivity contribution in [2.24, 2.45) is 0 Å². The molecule has 0 heteroatoms. The highest BCUT2D eigenvalue weighted by molar-refractivity contribution is 5.90. The van der Waals surface area contributed by atoms with E-state index >= 15 is 0 Å². The third-order valence-electron chi connectivity index (χ3n) is 3.32. The van der Waals surface area contributed by atoms with Gasteiger partial charge in [-0.25, -0.2) is 0 Å². The quantitative estimate of drug-likeness (QED) is 0.614. The zero-order chi connectivity index (χ0) is 22.0. The SMILES string of the molecule is C#CC#CC#CC#CC#Cc1c(C#CC#CC#CC#CC#CC)ccc2ccccc12. The summed E-state index contributed by atoms with van der Waals surface area (Å²) in [6.07, 6.45) is 5.01. The predicted octanol–water partition coefficient (Wildman–Crippen LogP) is 3.22. The van der Waals surface area contributed by atoms with Crippen LogP contribution in [0.5, 0.6) is 0 Å². The maximum absolute atomic E-state index is 5.01. The summed E-state index contributed by atoms with van der Waals surface area (Å²) in [6.45, 7) is 1.71. The van der Waals surface area contributed by atoms with Crippen molar-refractivity contribution in [2.75, 3.05) is 0 Å². The van der Waals surface area contributed by atoms with E-state index in [0.29, 0.717) is 0 Å². The molecule has 0 aliphatic heterocycles. The number of fused-ring (bicyclic) bond motifs is 1. The number of terminal acetylenes is 1. The van der Waals surface area contributed by atoms with Crippen LogP contribution in [-0.4, -0.2) is 0 Å². The molecule has 2 aromatic rings. The highest BCUT2D eigenvalue weighted by atomic mass is 14.0. The lowest BCUT2D eigenvalue weighted by molar-refractivity contribution is 1.64. The van der Waals surface area contributed by atoms with Crippen molar-refractivity contribution in [3.05, 3.63) is 47.5 Å². The number of rotatable bonds is 0. The van der Waals surface area contributed by atoms with Crippen LogP contribution < -0.4 is 0 Å². The molecule has 0 amide bonds. The summed E-state index contributed by atoms with van der Waals surface area (Å²) in [5.41, 5.74) is 1.52. The van der Waals surface area contributed by atoms with Crippen molar-refractivity contribution in [3.63, 3.8) is 0 Å². The summed E-state index contributed by atoms with van der Waals surface area (Å²) in [5.74, 6) is 50.1. The molecular weight excluding hydrogens is 372 g/mol. The molecule has 0 heterocycles. The van der Waals surface area contributed by atoms with Gasteiger partial charge in [0, 0.05) is 11.1 Å². The molecule has 0 saturated carbocycles. The lowest BCUT2D eigenvalue weighted by Gasteiger charge is -2.03. The van der Waals surface area contributed by atoms with E-state index in [9.17, 15) is 0 Å². The van der Waals surface area contributed by atoms with Crippen LogP contribution in [-0.2, 0) is 0 Å². The Morgan fingerprint density at radius 1 is 0.548 bits per heavy atom. The van der Waals surface area contributed by atoms with E-state index in [4.69, 9.17) is 6.42 Å². The lowest BCUT2D eigenvalue weighted by Crippen LogP contribution is -1.86. The minimum atomic E-state index is 0.749. The normalized spacial score (nSPS) is 6.45. The van der Waals surface area contributed by atoms with Gasteiger partial charge in [0.2, 0.25) is 0 Å². The van der Waals surface area contributed by atoms with Crippen molar-refractivity contribution in [3.8, 4) is 119 Å². The number of hydrogen-bond acceptors (Lipinski definition) is 0. The highest BCUT2D eigenvalue weighted by Gasteiger charge is 2.03. The fourth-order valence-electron chi connectivity index (χ4n) is 2.15. The Bertz CT molecular complexity index is 1630. The molecule has 0 radical (unpaired) electrons. The Morgan fingerprint density at radius 3 is 1.74 bits per heavy atom. The van der Waals surface area contributed by atoms with Gasteiger partial charge >= 0.3 is 0 Å². The standard InChI is InChI=1S/C31H10/c1-3-5-7-9-11-13-14-16-18-22-28-26-27-29-23-20-21-25-31(29)30(28)24-19-17-15-12-10-8-6-4-2/h2,20-21,23,25-27H,1H3. The summed E-state index contributed by atoms with van der Waals surface area (Å²) in [4.78, 5) is 0. The first-order valence-corrected chi connectivity index (χ1v) is 8.78. The third kappa shape index (κ3) is 7.82. The molecule has 0 atom stereocenters. The van der Waals surface area contributed by atoms with Gasteiger partial charge in [-0.15, -0.1) is 6.42 Å². The molecule has 2 aromatic carbocycles. The number of hydrogen-bond donors (Lipinski definition) is 0. The molecule has 0 bridgehead atoms. The van der Waals surface area contributed by atoms with E-state index < -0.39 is 0 Å². The Kier molecular flexibility index (Phi) is 9.38. The van der Waals surface area contributed by atoms with Crippen LogP contribution in [0.2, 0.25) is 0 Å². The second kappa shape index (κ2) is 13.5. The molecule has 0 aliphatic carbocycles. The molecule has 0 spiro atoms. The average Bonchev–Trinajstić information content (AvgIpc) is 2.80. The molecule has 0 fully saturated rings.